The molecule has 0 spiro atoms. The zero-order valence-corrected chi connectivity index (χ0v) is 11.1. The third-order valence-electron chi connectivity index (χ3n) is 2.89. The van der Waals surface area contributed by atoms with Crippen molar-refractivity contribution < 1.29 is 22.7 Å². The maximum absolute atomic E-state index is 13.6. The first-order valence-electron chi connectivity index (χ1n) is 6.06. The number of carbonyl (C=O) groups is 1. The molecule has 0 saturated heterocycles. The van der Waals surface area contributed by atoms with Gasteiger partial charge in [-0.1, -0.05) is 18.2 Å². The molecular formula is C15H12F3NO2. The Labute approximate surface area is 119 Å². The van der Waals surface area contributed by atoms with Crippen molar-refractivity contribution in [3.63, 3.8) is 0 Å². The number of benzene rings is 2. The monoisotopic (exact) mass is 295 g/mol. The van der Waals surface area contributed by atoms with E-state index in [-0.39, 0.29) is 11.3 Å². The van der Waals surface area contributed by atoms with Gasteiger partial charge in [-0.05, 0) is 29.8 Å². The van der Waals surface area contributed by atoms with E-state index in [1.165, 1.54) is 24.3 Å². The second-order valence-corrected chi connectivity index (χ2v) is 4.25. The van der Waals surface area contributed by atoms with Crippen LogP contribution in [0.3, 0.4) is 0 Å². The van der Waals surface area contributed by atoms with Crippen molar-refractivity contribution >= 4 is 11.7 Å². The van der Waals surface area contributed by atoms with Crippen molar-refractivity contribution in [1.82, 2.24) is 0 Å². The van der Waals surface area contributed by atoms with E-state index in [2.05, 4.69) is 10.1 Å². The van der Waals surface area contributed by atoms with E-state index in [4.69, 9.17) is 0 Å². The summed E-state index contributed by atoms with van der Waals surface area (Å²) in [5, 5.41) is 2.62. The van der Waals surface area contributed by atoms with Gasteiger partial charge in [-0.3, -0.25) is 0 Å². The van der Waals surface area contributed by atoms with Crippen molar-refractivity contribution in [2.24, 2.45) is 0 Å². The topological polar surface area (TPSA) is 38.3 Å². The van der Waals surface area contributed by atoms with Gasteiger partial charge in [0.2, 0.25) is 0 Å². The molecule has 0 amide bonds. The predicted octanol–water partition coefficient (Wildman–Crippen LogP) is 3.43. The first kappa shape index (κ1) is 14.9. The van der Waals surface area contributed by atoms with Crippen LogP contribution in [0.4, 0.5) is 18.9 Å². The summed E-state index contributed by atoms with van der Waals surface area (Å²) in [5.41, 5.74) is 0.182. The molecule has 0 aliphatic heterocycles. The van der Waals surface area contributed by atoms with Crippen LogP contribution in [0.2, 0.25) is 0 Å². The summed E-state index contributed by atoms with van der Waals surface area (Å²) in [6, 6.07) is 7.54. The van der Waals surface area contributed by atoms with Crippen molar-refractivity contribution in [2.45, 2.75) is 6.04 Å². The molecule has 2 aromatic carbocycles. The van der Waals surface area contributed by atoms with E-state index < -0.39 is 29.5 Å². The molecule has 2 aromatic rings. The third kappa shape index (κ3) is 3.34. The Kier molecular flexibility index (Phi) is 4.47. The largest absolute Gasteiger partial charge is 0.467 e. The highest BCUT2D eigenvalue weighted by Crippen LogP contribution is 2.24. The first-order chi connectivity index (χ1) is 10.0. The lowest BCUT2D eigenvalue weighted by Crippen LogP contribution is -2.23. The summed E-state index contributed by atoms with van der Waals surface area (Å²) in [7, 11) is 1.15. The Balaban J connectivity index is 2.37. The molecule has 1 unspecified atom stereocenters. The number of anilines is 1. The molecule has 0 aromatic heterocycles. The summed E-state index contributed by atoms with van der Waals surface area (Å²) in [6.07, 6.45) is 0. The van der Waals surface area contributed by atoms with Crippen molar-refractivity contribution in [3.05, 3.63) is 65.5 Å². The molecular weight excluding hydrogens is 283 g/mol. The summed E-state index contributed by atoms with van der Waals surface area (Å²) in [4.78, 5) is 11.8. The van der Waals surface area contributed by atoms with E-state index in [0.29, 0.717) is 0 Å². The van der Waals surface area contributed by atoms with Crippen LogP contribution in [0.1, 0.15) is 11.6 Å². The summed E-state index contributed by atoms with van der Waals surface area (Å²) >= 11 is 0. The Morgan fingerprint density at radius 2 is 1.76 bits per heavy atom. The minimum Gasteiger partial charge on any atom is -0.467 e. The molecule has 3 nitrogen and oxygen atoms in total. The number of halogens is 3. The Bertz CT molecular complexity index is 661. The molecule has 21 heavy (non-hydrogen) atoms. The van der Waals surface area contributed by atoms with Crippen LogP contribution in [-0.4, -0.2) is 13.1 Å². The fourth-order valence-corrected chi connectivity index (χ4v) is 1.82. The van der Waals surface area contributed by atoms with Gasteiger partial charge in [0.1, 0.15) is 5.82 Å². The Morgan fingerprint density at radius 3 is 2.38 bits per heavy atom. The zero-order valence-electron chi connectivity index (χ0n) is 11.1. The van der Waals surface area contributed by atoms with Crippen molar-refractivity contribution in [2.75, 3.05) is 12.4 Å². The predicted molar refractivity (Wildman–Crippen MR) is 71.1 cm³/mol. The Morgan fingerprint density at radius 1 is 1.05 bits per heavy atom. The lowest BCUT2D eigenvalue weighted by molar-refractivity contribution is -0.141. The zero-order chi connectivity index (χ0) is 15.4. The Hall–Kier alpha value is -2.50. The molecule has 0 bridgehead atoms. The standard InChI is InChI=1S/C15H12F3NO2/c1-21-15(20)14(9-6-7-10(16)12(18)8-9)19-13-5-3-2-4-11(13)17/h2-8,14,19H,1H3. The molecule has 2 rings (SSSR count). The average Bonchev–Trinajstić information content (AvgIpc) is 2.48. The van der Waals surface area contributed by atoms with Crippen LogP contribution in [0.25, 0.3) is 0 Å². The van der Waals surface area contributed by atoms with Gasteiger partial charge in [0, 0.05) is 0 Å². The molecule has 1 atom stereocenters. The van der Waals surface area contributed by atoms with Crippen molar-refractivity contribution in [3.8, 4) is 0 Å². The van der Waals surface area contributed by atoms with Crippen LogP contribution >= 0.6 is 0 Å². The third-order valence-corrected chi connectivity index (χ3v) is 2.89. The molecule has 0 radical (unpaired) electrons. The van der Waals surface area contributed by atoms with E-state index in [1.807, 2.05) is 0 Å². The normalized spacial score (nSPS) is 11.8. The van der Waals surface area contributed by atoms with Crippen LogP contribution in [0.15, 0.2) is 42.5 Å². The molecule has 0 aliphatic carbocycles. The van der Waals surface area contributed by atoms with Gasteiger partial charge >= 0.3 is 5.97 Å². The number of nitrogens with one attached hydrogen (secondary N) is 1. The van der Waals surface area contributed by atoms with E-state index in [9.17, 15) is 18.0 Å². The van der Waals surface area contributed by atoms with Gasteiger partial charge < -0.3 is 10.1 Å². The van der Waals surface area contributed by atoms with E-state index >= 15 is 0 Å². The number of methoxy groups -OCH3 is 1. The van der Waals surface area contributed by atoms with Gasteiger partial charge in [0.25, 0.3) is 0 Å². The number of para-hydroxylation sites is 1. The number of hydrogen-bond donors (Lipinski definition) is 1. The first-order valence-corrected chi connectivity index (χ1v) is 6.06. The van der Waals surface area contributed by atoms with Crippen LogP contribution in [-0.2, 0) is 9.53 Å². The molecule has 110 valence electrons. The minimum atomic E-state index is -1.15. The van der Waals surface area contributed by atoms with E-state index in [0.717, 1.165) is 19.2 Å². The highest BCUT2D eigenvalue weighted by Gasteiger charge is 2.23. The average molecular weight is 295 g/mol. The molecule has 1 N–H and O–H groups in total. The number of hydrogen-bond acceptors (Lipinski definition) is 3. The molecule has 0 fully saturated rings. The summed E-state index contributed by atoms with van der Waals surface area (Å²) < 4.78 is 44.5. The second-order valence-electron chi connectivity index (χ2n) is 4.25. The molecule has 6 heteroatoms. The quantitative estimate of drug-likeness (QED) is 0.878. The highest BCUT2D eigenvalue weighted by molar-refractivity contribution is 5.81. The number of ether oxygens (including phenoxy) is 1. The van der Waals surface area contributed by atoms with Gasteiger partial charge in [0.05, 0.1) is 12.8 Å². The number of rotatable bonds is 4. The van der Waals surface area contributed by atoms with Crippen molar-refractivity contribution in [1.29, 1.82) is 0 Å². The minimum absolute atomic E-state index is 0.0534. The van der Waals surface area contributed by atoms with Crippen LogP contribution in [0, 0.1) is 17.5 Å². The molecule has 0 saturated carbocycles. The number of esters is 1. The fourth-order valence-electron chi connectivity index (χ4n) is 1.82. The molecule has 0 aliphatic rings. The second kappa shape index (κ2) is 6.30. The summed E-state index contributed by atoms with van der Waals surface area (Å²) in [6.45, 7) is 0. The van der Waals surface area contributed by atoms with Gasteiger partial charge in [-0.15, -0.1) is 0 Å². The smallest absolute Gasteiger partial charge is 0.332 e. The SMILES string of the molecule is COC(=O)C(Nc1ccccc1F)c1ccc(F)c(F)c1. The van der Waals surface area contributed by atoms with Crippen LogP contribution < -0.4 is 5.32 Å². The fraction of sp³-hybridized carbons (Fsp3) is 0.133. The lowest BCUT2D eigenvalue weighted by Gasteiger charge is -2.18. The highest BCUT2D eigenvalue weighted by atomic mass is 19.2. The maximum Gasteiger partial charge on any atom is 0.332 e. The molecule has 0 heterocycles. The van der Waals surface area contributed by atoms with Gasteiger partial charge in [0.15, 0.2) is 17.7 Å². The lowest BCUT2D eigenvalue weighted by atomic mass is 10.1. The van der Waals surface area contributed by atoms with Crippen LogP contribution in [0.5, 0.6) is 0 Å². The van der Waals surface area contributed by atoms with Gasteiger partial charge in [-0.25, -0.2) is 18.0 Å². The number of carbonyl (C=O) groups excluding carboxylic acids is 1. The summed E-state index contributed by atoms with van der Waals surface area (Å²) in [5.74, 6) is -3.46. The maximum atomic E-state index is 13.6. The van der Waals surface area contributed by atoms with Gasteiger partial charge in [-0.2, -0.15) is 0 Å². The van der Waals surface area contributed by atoms with E-state index in [1.54, 1.807) is 6.07 Å².